The van der Waals surface area contributed by atoms with Crippen molar-refractivity contribution in [3.05, 3.63) is 145 Å². The van der Waals surface area contributed by atoms with Crippen LogP contribution in [0.4, 0.5) is 0 Å². The number of hydrogen-bond acceptors (Lipinski definition) is 3. The minimum atomic E-state index is -1.34. The van der Waals surface area contributed by atoms with Crippen LogP contribution in [0, 0.1) is 18.2 Å². The molecule has 0 saturated heterocycles. The molecule has 5 aromatic carbocycles. The molecule has 0 amide bonds. The summed E-state index contributed by atoms with van der Waals surface area (Å²) in [5.41, 5.74) is 8.04. The summed E-state index contributed by atoms with van der Waals surface area (Å²) in [6.07, 6.45) is 6.27. The fourth-order valence-electron chi connectivity index (χ4n) is 6.36. The summed E-state index contributed by atoms with van der Waals surface area (Å²) >= 11 is 0. The van der Waals surface area contributed by atoms with Gasteiger partial charge in [-0.15, -0.1) is 42.0 Å². The average molecular weight is 835 g/mol. The normalized spacial score (nSPS) is 11.8. The van der Waals surface area contributed by atoms with Crippen molar-refractivity contribution in [3.8, 4) is 28.3 Å². The van der Waals surface area contributed by atoms with Gasteiger partial charge in [0, 0.05) is 49.2 Å². The second-order valence-electron chi connectivity index (χ2n) is 13.6. The van der Waals surface area contributed by atoms with E-state index >= 15 is 0 Å². The van der Waals surface area contributed by atoms with Crippen molar-refractivity contribution in [3.63, 3.8) is 0 Å². The number of aromatic nitrogens is 3. The molecule has 0 fully saturated rings. The molecule has 1 radical (unpaired) electrons. The number of nitrogens with zero attached hydrogens (tertiary/aromatic N) is 3. The number of para-hydroxylation sites is 3. The van der Waals surface area contributed by atoms with Crippen molar-refractivity contribution >= 4 is 46.0 Å². The smallest absolute Gasteiger partial charge is 0.0798 e. The molecule has 0 saturated carbocycles. The van der Waals surface area contributed by atoms with Crippen molar-refractivity contribution in [2.75, 3.05) is 0 Å². The van der Waals surface area contributed by atoms with Crippen LogP contribution in [0.15, 0.2) is 132 Å². The third-order valence-corrected chi connectivity index (χ3v) is 10.6. The number of hydrogen-bond donors (Lipinski definition) is 0. The molecule has 0 aliphatic rings. The minimum absolute atomic E-state index is 0. The molecule has 0 bridgehead atoms. The van der Waals surface area contributed by atoms with Gasteiger partial charge in [-0.2, -0.15) is 0 Å². The number of benzene rings is 5. The van der Waals surface area contributed by atoms with E-state index in [-0.39, 0.29) is 20.1 Å². The van der Waals surface area contributed by atoms with Gasteiger partial charge in [-0.1, -0.05) is 123 Å². The first kappa shape index (κ1) is 32.9. The Morgan fingerprint density at radius 3 is 2.41 bits per heavy atom. The maximum atomic E-state index is 7.85. The monoisotopic (exact) mass is 835 g/mol. The van der Waals surface area contributed by atoms with Crippen LogP contribution < -0.4 is 5.19 Å². The first-order valence-electron chi connectivity index (χ1n) is 17.0. The Kier molecular flexibility index (Phi) is 9.72. The van der Waals surface area contributed by atoms with E-state index in [1.54, 1.807) is 12.1 Å². The Bertz CT molecular complexity index is 2400. The van der Waals surface area contributed by atoms with Crippen LogP contribution in [0.25, 0.3) is 61.1 Å². The molecular weight excluding hydrogens is 795 g/mol. The SMILES string of the molecule is CC(C)Cc1cc(-c2[c-]cccc2)ncc1[Si](C)(C)C.[2H]c1ccc2c(-c3nc4ccccc4n3-c3cccc4ccccc34)[c-]oc2c1.[Ir]. The summed E-state index contributed by atoms with van der Waals surface area (Å²) in [4.78, 5) is 9.62. The second kappa shape index (κ2) is 14.5. The van der Waals surface area contributed by atoms with Crippen LogP contribution in [-0.4, -0.2) is 22.6 Å². The molecule has 0 N–H and O–H groups in total. The zero-order valence-electron chi connectivity index (χ0n) is 29.4. The number of pyridine rings is 1. The predicted molar refractivity (Wildman–Crippen MR) is 203 cm³/mol. The van der Waals surface area contributed by atoms with Gasteiger partial charge in [0.25, 0.3) is 0 Å². The van der Waals surface area contributed by atoms with Crippen LogP contribution >= 0.6 is 0 Å². The van der Waals surface area contributed by atoms with E-state index in [4.69, 9.17) is 10.8 Å². The Balaban J connectivity index is 0.000000182. The van der Waals surface area contributed by atoms with Crippen LogP contribution in [0.2, 0.25) is 19.6 Å². The molecule has 8 rings (SSSR count). The van der Waals surface area contributed by atoms with Gasteiger partial charge < -0.3 is 14.0 Å². The molecule has 49 heavy (non-hydrogen) atoms. The topological polar surface area (TPSA) is 43.9 Å². The van der Waals surface area contributed by atoms with Gasteiger partial charge in [-0.25, -0.2) is 0 Å². The average Bonchev–Trinajstić information content (AvgIpc) is 3.69. The number of imidazole rings is 1. The van der Waals surface area contributed by atoms with Crippen molar-refractivity contribution in [2.45, 2.75) is 39.9 Å². The second-order valence-corrected chi connectivity index (χ2v) is 18.6. The van der Waals surface area contributed by atoms with Crippen LogP contribution in [0.5, 0.6) is 0 Å². The summed E-state index contributed by atoms with van der Waals surface area (Å²) in [5, 5.41) is 4.72. The molecule has 4 nitrogen and oxygen atoms in total. The Morgan fingerprint density at radius 1 is 0.857 bits per heavy atom. The van der Waals surface area contributed by atoms with E-state index in [1.165, 1.54) is 16.1 Å². The van der Waals surface area contributed by atoms with Crippen molar-refractivity contribution in [2.24, 2.45) is 5.92 Å². The van der Waals surface area contributed by atoms with Crippen LogP contribution in [0.3, 0.4) is 0 Å². The van der Waals surface area contributed by atoms with E-state index in [0.717, 1.165) is 56.6 Å². The quantitative estimate of drug-likeness (QED) is 0.124. The summed E-state index contributed by atoms with van der Waals surface area (Å²) < 4.78 is 15.7. The van der Waals surface area contributed by atoms with E-state index in [9.17, 15) is 0 Å². The molecule has 247 valence electrons. The molecule has 0 aliphatic carbocycles. The maximum absolute atomic E-state index is 7.85. The van der Waals surface area contributed by atoms with Gasteiger partial charge in [0.05, 0.1) is 26.3 Å². The van der Waals surface area contributed by atoms with Crippen LogP contribution in [-0.2, 0) is 26.5 Å². The first-order valence-corrected chi connectivity index (χ1v) is 20.0. The zero-order chi connectivity index (χ0) is 34.1. The van der Waals surface area contributed by atoms with E-state index in [1.807, 2.05) is 42.5 Å². The standard InChI is InChI=1S/C25H15N2O.C18H24NSi.Ir/c1-2-10-18-17(8-1)9-7-14-22(18)27-23-13-5-4-12-21(23)26-25(27)20-16-28-24-15-6-3-11-19(20)24;1-14(2)11-16-12-17(15-9-7-6-8-10-15)19-13-18(16)20(3,4)5;/h1-15H;6-9,12-14H,11H2,1-5H3;/q2*-1;/i6D;;. The summed E-state index contributed by atoms with van der Waals surface area (Å²) in [6, 6.07) is 42.2. The Morgan fingerprint density at radius 2 is 1.61 bits per heavy atom. The third-order valence-electron chi connectivity index (χ3n) is 8.56. The van der Waals surface area contributed by atoms with E-state index in [2.05, 4.69) is 122 Å². The van der Waals surface area contributed by atoms with Gasteiger partial charge in [-0.05, 0) is 46.8 Å². The molecule has 8 aromatic rings. The Labute approximate surface area is 304 Å². The van der Waals surface area contributed by atoms with Gasteiger partial charge in [-0.3, -0.25) is 4.98 Å². The first-order chi connectivity index (χ1) is 23.7. The molecule has 0 spiro atoms. The predicted octanol–water partition coefficient (Wildman–Crippen LogP) is 10.7. The molecule has 3 heterocycles. The zero-order valence-corrected chi connectivity index (χ0v) is 31.8. The summed E-state index contributed by atoms with van der Waals surface area (Å²) in [6.45, 7) is 11.7. The minimum Gasteiger partial charge on any atom is -0.557 e. The Hall–Kier alpha value is -4.61. The molecule has 6 heteroatoms. The van der Waals surface area contributed by atoms with E-state index in [0.29, 0.717) is 17.5 Å². The third kappa shape index (κ3) is 7.09. The van der Waals surface area contributed by atoms with Gasteiger partial charge >= 0.3 is 0 Å². The van der Waals surface area contributed by atoms with Crippen molar-refractivity contribution in [1.29, 1.82) is 0 Å². The summed E-state index contributed by atoms with van der Waals surface area (Å²) in [5.74, 6) is 1.44. The molecule has 3 aromatic heterocycles. The number of rotatable bonds is 6. The fraction of sp³-hybridized carbons (Fsp3) is 0.163. The molecule has 0 atom stereocenters. The molecule has 0 unspecified atom stereocenters. The summed E-state index contributed by atoms with van der Waals surface area (Å²) in [7, 11) is -1.34. The van der Waals surface area contributed by atoms with Crippen LogP contribution in [0.1, 0.15) is 20.8 Å². The van der Waals surface area contributed by atoms with E-state index < -0.39 is 8.07 Å². The van der Waals surface area contributed by atoms with Gasteiger partial charge in [0.1, 0.15) is 0 Å². The maximum Gasteiger partial charge on any atom is 0.0798 e. The largest absolute Gasteiger partial charge is 0.557 e. The molecular formula is C43H39IrN3OSi-2. The number of fused-ring (bicyclic) bond motifs is 3. The number of furan rings is 1. The van der Waals surface area contributed by atoms with Crippen molar-refractivity contribution < 1.29 is 25.9 Å². The van der Waals surface area contributed by atoms with Gasteiger partial charge in [0.2, 0.25) is 0 Å². The fourth-order valence-corrected chi connectivity index (χ4v) is 7.94. The van der Waals surface area contributed by atoms with Gasteiger partial charge in [0.15, 0.2) is 0 Å². The molecule has 0 aliphatic heterocycles. The van der Waals surface area contributed by atoms with Crippen molar-refractivity contribution in [1.82, 2.24) is 14.5 Å².